The van der Waals surface area contributed by atoms with Gasteiger partial charge < -0.3 is 54.4 Å². The maximum atomic E-state index is 6.25. The van der Waals surface area contributed by atoms with Crippen LogP contribution in [0.4, 0.5) is 0 Å². The Morgan fingerprint density at radius 3 is 0.856 bits per heavy atom. The average molecular weight is 1490 g/mol. The minimum absolute atomic E-state index is 0. The van der Waals surface area contributed by atoms with Crippen molar-refractivity contribution in [3.63, 3.8) is 0 Å². The van der Waals surface area contributed by atoms with Crippen LogP contribution < -0.4 is 0 Å². The molecule has 8 aliphatic carbocycles. The predicted octanol–water partition coefficient (Wildman–Crippen LogP) is 24.4. The molecule has 4 atom stereocenters. The Morgan fingerprint density at radius 1 is 0.356 bits per heavy atom. The molecule has 1 aromatic carbocycles. The molecule has 90 heavy (non-hydrogen) atoms. The van der Waals surface area contributed by atoms with E-state index in [4.69, 9.17) is 33.1 Å². The summed E-state index contributed by atoms with van der Waals surface area (Å²) in [6.45, 7) is 7.92. The second-order valence-corrected chi connectivity index (χ2v) is 35.2. The van der Waals surface area contributed by atoms with E-state index in [9.17, 15) is 0 Å². The van der Waals surface area contributed by atoms with Crippen molar-refractivity contribution in [2.75, 3.05) is 32.0 Å². The molecule has 1 radical (unpaired) electrons. The van der Waals surface area contributed by atoms with E-state index in [0.717, 1.165) is 19.6 Å². The zero-order valence-electron chi connectivity index (χ0n) is 56.9. The van der Waals surface area contributed by atoms with Gasteiger partial charge in [-0.05, 0) is 103 Å². The van der Waals surface area contributed by atoms with Crippen LogP contribution in [0.5, 0.6) is 0 Å². The molecule has 0 amide bonds. The van der Waals surface area contributed by atoms with Gasteiger partial charge in [0, 0.05) is 15.8 Å². The van der Waals surface area contributed by atoms with Gasteiger partial charge in [0.05, 0.1) is 35.0 Å². The third-order valence-corrected chi connectivity index (χ3v) is 30.6. The molecule has 0 aromatic heterocycles. The van der Waals surface area contributed by atoms with E-state index in [1.165, 1.54) is 209 Å². The van der Waals surface area contributed by atoms with Gasteiger partial charge in [0.25, 0.3) is 0 Å². The molecule has 8 saturated carbocycles. The number of rotatable bonds is 15. The van der Waals surface area contributed by atoms with Gasteiger partial charge in [-0.3, -0.25) is 0 Å². The molecule has 9 nitrogen and oxygen atoms in total. The van der Waals surface area contributed by atoms with Crippen molar-refractivity contribution in [1.29, 1.82) is 5.26 Å². The Kier molecular flexibility index (Phi) is 50.1. The summed E-state index contributed by atoms with van der Waals surface area (Å²) < 4.78 is 0. The normalized spacial score (nSPS) is 27.0. The number of allylic oxidation sites excluding steroid dienone is 2. The van der Waals surface area contributed by atoms with Gasteiger partial charge in [-0.1, -0.05) is 224 Å². The topological polar surface area (TPSA) is 137 Å². The summed E-state index contributed by atoms with van der Waals surface area (Å²) in [5, 5.41) is 43.4. The molecule has 1 aromatic rings. The van der Waals surface area contributed by atoms with Crippen LogP contribution in [0, 0.1) is 11.8 Å². The van der Waals surface area contributed by atoms with Crippen molar-refractivity contribution in [3.8, 4) is 0 Å². The minimum atomic E-state index is -0.0909. The van der Waals surface area contributed by atoms with Gasteiger partial charge in [0.1, 0.15) is 0 Å². The van der Waals surface area contributed by atoms with Gasteiger partial charge in [0.2, 0.25) is 0 Å². The summed E-state index contributed by atoms with van der Waals surface area (Å²) >= 11 is 0. The molecule has 11 fully saturated rings. The van der Waals surface area contributed by atoms with Crippen LogP contribution >= 0.6 is 15.8 Å². The van der Waals surface area contributed by atoms with Gasteiger partial charge in [-0.25, -0.2) is 36.8 Å². The molecule has 0 bridgehead atoms. The molecular formula is C76H131FeN9P2Ru2+7. The molecule has 0 N–H and O–H groups in total. The van der Waals surface area contributed by atoms with Gasteiger partial charge in [-0.15, -0.1) is 49.9 Å². The Balaban J connectivity index is 0.000000241. The molecular weight excluding hydrogens is 1360 g/mol. The fourth-order valence-corrected chi connectivity index (χ4v) is 26.9. The maximum absolute atomic E-state index is 6.25. The third-order valence-electron chi connectivity index (χ3n) is 21.9. The number of hydrogen-bond donors (Lipinski definition) is 0. The van der Waals surface area contributed by atoms with E-state index >= 15 is 0 Å². The van der Waals surface area contributed by atoms with Crippen molar-refractivity contribution in [2.45, 2.75) is 386 Å². The smallest absolute Gasteiger partial charge is 0.702 e. The first-order chi connectivity index (χ1) is 43.2. The zero-order chi connectivity index (χ0) is 60.3. The van der Waals surface area contributed by atoms with Crippen LogP contribution in [0.25, 0.3) is 42.5 Å². The zero-order valence-corrected chi connectivity index (χ0v) is 63.5. The predicted molar refractivity (Wildman–Crippen MR) is 385 cm³/mol. The average Bonchev–Trinajstić information content (AvgIpc) is 3.64. The largest absolute Gasteiger partial charge is 6.00 e. The van der Waals surface area contributed by atoms with Crippen LogP contribution in [-0.4, -0.2) is 103 Å². The summed E-state index contributed by atoms with van der Waals surface area (Å²) in [6, 6.07) is 12.5. The van der Waals surface area contributed by atoms with E-state index in [2.05, 4.69) is 27.3 Å². The fraction of sp³-hybridized carbons (Fsp3) is 0.868. The molecule has 4 unspecified atom stereocenters. The number of hydrogen-bond acceptors (Lipinski definition) is 1. The second-order valence-electron chi connectivity index (χ2n) is 28.7. The first-order valence-corrected chi connectivity index (χ1v) is 41.9. The first kappa shape index (κ1) is 82.9. The van der Waals surface area contributed by atoms with E-state index in [-0.39, 0.29) is 78.0 Å². The van der Waals surface area contributed by atoms with Gasteiger partial charge >= 0.3 is 56.0 Å². The fourth-order valence-electron chi connectivity index (χ4n) is 17.0. The molecule has 14 heteroatoms. The summed E-state index contributed by atoms with van der Waals surface area (Å²) in [7, 11) is -0.182. The van der Waals surface area contributed by atoms with Crippen molar-refractivity contribution in [1.82, 2.24) is 0 Å². The Hall–Kier alpha value is 0.466. The SMILES string of the molecule is C1=C[N-]C([N-]C2CCCCC2)C=C1.C1CCC([N-]C2CCCC[N-]2)CC1.C1CCC([N-]C2CCCC[N-]2)CC1.C1CCC([N-]C2CCCC[N-]2)CC1.C1CCC([PH+](CC[PH+](C2CCCCC2)C2CCCCC2)C2CCCCC2)CC1.[C-]#N.[Fe+6].[Ru+4].[Ru+5].c1cc[cH-]c1. The molecule has 0 spiro atoms. The molecule has 507 valence electrons. The molecule has 4 aliphatic heterocycles. The van der Waals surface area contributed by atoms with Crippen molar-refractivity contribution in [2.24, 2.45) is 0 Å². The van der Waals surface area contributed by atoms with Gasteiger partial charge in [0.15, 0.2) is 0 Å². The minimum Gasteiger partial charge on any atom is -0.702 e. The third kappa shape index (κ3) is 35.3. The van der Waals surface area contributed by atoms with E-state index in [1.807, 2.05) is 48.7 Å². The second kappa shape index (κ2) is 54.4. The van der Waals surface area contributed by atoms with Crippen LogP contribution in [0.3, 0.4) is 0 Å². The molecule has 12 aliphatic rings. The number of nitrogens with zero attached hydrogens (tertiary/aromatic N) is 9. The van der Waals surface area contributed by atoms with Crippen molar-refractivity contribution >= 4 is 15.8 Å². The van der Waals surface area contributed by atoms with E-state index in [0.29, 0.717) is 42.7 Å². The Labute approximate surface area is 594 Å². The van der Waals surface area contributed by atoms with Crippen LogP contribution in [0.1, 0.15) is 315 Å². The molecule has 4 heterocycles. The van der Waals surface area contributed by atoms with Crippen LogP contribution in [0.2, 0.25) is 0 Å². The first-order valence-electron chi connectivity index (χ1n) is 38.1. The van der Waals surface area contributed by atoms with Crippen LogP contribution in [0.15, 0.2) is 54.8 Å². The van der Waals surface area contributed by atoms with Crippen molar-refractivity contribution in [3.05, 3.63) is 104 Å². The van der Waals surface area contributed by atoms with Gasteiger partial charge in [-0.2, -0.15) is 24.4 Å². The Morgan fingerprint density at radius 2 is 0.622 bits per heavy atom. The van der Waals surface area contributed by atoms with E-state index in [1.54, 1.807) is 141 Å². The molecule has 3 saturated heterocycles. The summed E-state index contributed by atoms with van der Waals surface area (Å²) in [5.74, 6) is 0. The van der Waals surface area contributed by atoms with Crippen molar-refractivity contribution < 1.29 is 56.0 Å². The van der Waals surface area contributed by atoms with E-state index < -0.39 is 0 Å². The maximum Gasteiger partial charge on any atom is 6.00 e. The Bertz CT molecular complexity index is 1580. The van der Waals surface area contributed by atoms with Crippen LogP contribution in [-0.2, 0) is 56.0 Å². The monoisotopic (exact) mass is 1490 g/mol. The quantitative estimate of drug-likeness (QED) is 0.0964. The summed E-state index contributed by atoms with van der Waals surface area (Å²) in [4.78, 5) is 0. The summed E-state index contributed by atoms with van der Waals surface area (Å²) in [6.07, 6.45) is 83.3. The standard InChI is InChI=1S/C26H48P2.3C11H20N2.C11H16N2.C5H5.CN.Fe.2Ru/c1-5-13-23(14-6-1)27(24-15-7-2-8-16-24)21-22-28(25-17-9-3-10-18-25)26-19-11-4-12-20-26;4*1-2-6-10(7-3-1)13-11-8-4-5-9-12-11;1-2-4-5-3-1;1-2;;;/h23-26H,1-22H2;3*10-11H,1-9H2;4-5,8-11H,1-3,6-7H2;1-5H;;;;/q;4*-2;2*-1;+6;+4;+5/p+2. The molecule has 13 rings (SSSR count). The summed E-state index contributed by atoms with van der Waals surface area (Å²) in [5.41, 5.74) is 4.90. The number of piperidine rings is 3.